The van der Waals surface area contributed by atoms with Crippen molar-refractivity contribution in [2.24, 2.45) is 5.92 Å². The number of nitrogens with zero attached hydrogens (tertiary/aromatic N) is 4. The average Bonchev–Trinajstić information content (AvgIpc) is 3.33. The number of fused-ring (bicyclic) bond motifs is 1. The summed E-state index contributed by atoms with van der Waals surface area (Å²) in [5.41, 5.74) is 1.77. The van der Waals surface area contributed by atoms with Crippen molar-refractivity contribution in [2.45, 2.75) is 31.7 Å². The lowest BCUT2D eigenvalue weighted by Gasteiger charge is -2.33. The van der Waals surface area contributed by atoms with Gasteiger partial charge in [-0.25, -0.2) is 9.78 Å². The van der Waals surface area contributed by atoms with Crippen molar-refractivity contribution in [1.82, 2.24) is 24.8 Å². The number of rotatable bonds is 2. The Morgan fingerprint density at radius 1 is 1.23 bits per heavy atom. The Kier molecular flexibility index (Phi) is 4.48. The quantitative estimate of drug-likeness (QED) is 0.889. The molecule has 0 aromatic carbocycles. The second-order valence-corrected chi connectivity index (χ2v) is 6.94. The topological polar surface area (TPSA) is 91.4 Å². The number of imidazole rings is 1. The number of ether oxygens (including phenoxy) is 1. The molecule has 2 saturated heterocycles. The number of hydrogen-bond donors (Lipinski definition) is 1. The maximum Gasteiger partial charge on any atom is 0.409 e. The SMILES string of the molecule is COC(=O)N1CCC(C(=O)N2CCCC2c2nc3ccncc3[nH]2)CC1. The molecule has 2 aliphatic rings. The van der Waals surface area contributed by atoms with Gasteiger partial charge in [-0.1, -0.05) is 0 Å². The van der Waals surface area contributed by atoms with E-state index in [0.717, 1.165) is 36.2 Å². The molecule has 26 heavy (non-hydrogen) atoms. The fourth-order valence-corrected chi connectivity index (χ4v) is 4.02. The van der Waals surface area contributed by atoms with Gasteiger partial charge >= 0.3 is 6.09 Å². The Bertz CT molecular complexity index is 779. The number of methoxy groups -OCH3 is 1. The van der Waals surface area contributed by atoms with Gasteiger partial charge in [-0.15, -0.1) is 0 Å². The van der Waals surface area contributed by atoms with Crippen molar-refractivity contribution in [3.63, 3.8) is 0 Å². The molecule has 2 fully saturated rings. The Balaban J connectivity index is 1.46. The zero-order chi connectivity index (χ0) is 18.1. The van der Waals surface area contributed by atoms with Crippen LogP contribution in [0.3, 0.4) is 0 Å². The van der Waals surface area contributed by atoms with E-state index in [9.17, 15) is 9.59 Å². The summed E-state index contributed by atoms with van der Waals surface area (Å²) in [5.74, 6) is 0.976. The van der Waals surface area contributed by atoms with E-state index in [2.05, 4.69) is 15.0 Å². The molecule has 138 valence electrons. The van der Waals surface area contributed by atoms with Crippen LogP contribution in [0.5, 0.6) is 0 Å². The number of hydrogen-bond acceptors (Lipinski definition) is 5. The van der Waals surface area contributed by atoms with Crippen LogP contribution in [0, 0.1) is 5.92 Å². The van der Waals surface area contributed by atoms with E-state index in [1.807, 2.05) is 11.0 Å². The molecular weight excluding hydrogens is 334 g/mol. The lowest BCUT2D eigenvalue weighted by Crippen LogP contribution is -2.44. The first kappa shape index (κ1) is 16.8. The van der Waals surface area contributed by atoms with Crippen LogP contribution < -0.4 is 0 Å². The molecule has 4 rings (SSSR count). The predicted octanol–water partition coefficient (Wildman–Crippen LogP) is 2.10. The molecule has 8 nitrogen and oxygen atoms in total. The lowest BCUT2D eigenvalue weighted by molar-refractivity contribution is -0.138. The number of carbonyl (C=O) groups is 2. The van der Waals surface area contributed by atoms with Crippen LogP contribution in [0.15, 0.2) is 18.5 Å². The molecule has 2 amide bonds. The molecule has 1 atom stereocenters. The van der Waals surface area contributed by atoms with Crippen LogP contribution in [0.1, 0.15) is 37.5 Å². The molecule has 0 saturated carbocycles. The van der Waals surface area contributed by atoms with Crippen molar-refractivity contribution in [1.29, 1.82) is 0 Å². The maximum atomic E-state index is 13.1. The van der Waals surface area contributed by atoms with E-state index >= 15 is 0 Å². The van der Waals surface area contributed by atoms with Crippen LogP contribution in [0.25, 0.3) is 11.0 Å². The molecule has 0 aliphatic carbocycles. The van der Waals surface area contributed by atoms with Crippen LogP contribution >= 0.6 is 0 Å². The van der Waals surface area contributed by atoms with E-state index in [-0.39, 0.29) is 24.0 Å². The van der Waals surface area contributed by atoms with Gasteiger partial charge in [0.05, 0.1) is 30.4 Å². The summed E-state index contributed by atoms with van der Waals surface area (Å²) in [7, 11) is 1.39. The van der Waals surface area contributed by atoms with E-state index < -0.39 is 0 Å². The minimum atomic E-state index is -0.314. The monoisotopic (exact) mass is 357 g/mol. The molecule has 2 aromatic heterocycles. The second-order valence-electron chi connectivity index (χ2n) is 6.94. The number of likely N-dealkylation sites (tertiary alicyclic amines) is 2. The standard InChI is InChI=1S/C18H23N5O3/c1-26-18(25)22-9-5-12(6-10-22)17(24)23-8-2-3-15(23)16-20-13-4-7-19-11-14(13)21-16/h4,7,11-12,15H,2-3,5-6,8-10H2,1H3,(H,20,21). The molecule has 2 aromatic rings. The van der Waals surface area contributed by atoms with Crippen LogP contribution in [-0.4, -0.2) is 63.5 Å². The largest absolute Gasteiger partial charge is 0.453 e. The zero-order valence-corrected chi connectivity index (χ0v) is 14.9. The Hall–Kier alpha value is -2.64. The Morgan fingerprint density at radius 2 is 2.04 bits per heavy atom. The maximum absolute atomic E-state index is 13.1. The van der Waals surface area contributed by atoms with Gasteiger partial charge in [-0.3, -0.25) is 9.78 Å². The van der Waals surface area contributed by atoms with E-state index in [1.54, 1.807) is 17.3 Å². The van der Waals surface area contributed by atoms with Crippen LogP contribution in [-0.2, 0) is 9.53 Å². The summed E-state index contributed by atoms with van der Waals surface area (Å²) in [6, 6.07) is 1.87. The van der Waals surface area contributed by atoms with Gasteiger partial charge in [0.25, 0.3) is 0 Å². The van der Waals surface area contributed by atoms with Gasteiger partial charge in [0, 0.05) is 31.7 Å². The van der Waals surface area contributed by atoms with E-state index in [4.69, 9.17) is 4.74 Å². The highest BCUT2D eigenvalue weighted by Crippen LogP contribution is 2.34. The van der Waals surface area contributed by atoms with Gasteiger partial charge in [0.1, 0.15) is 5.82 Å². The molecule has 4 heterocycles. The summed E-state index contributed by atoms with van der Waals surface area (Å²) in [5, 5.41) is 0. The number of aromatic nitrogens is 3. The minimum absolute atomic E-state index is 0.00598. The number of H-pyrrole nitrogens is 1. The Morgan fingerprint density at radius 3 is 2.77 bits per heavy atom. The normalized spacial score (nSPS) is 21.3. The predicted molar refractivity (Wildman–Crippen MR) is 94.3 cm³/mol. The lowest BCUT2D eigenvalue weighted by atomic mass is 9.95. The zero-order valence-electron chi connectivity index (χ0n) is 14.9. The van der Waals surface area contributed by atoms with Gasteiger partial charge < -0.3 is 19.5 Å². The third kappa shape index (κ3) is 3.00. The Labute approximate surface area is 151 Å². The number of piperidine rings is 1. The van der Waals surface area contributed by atoms with Crippen molar-refractivity contribution < 1.29 is 14.3 Å². The first-order valence-electron chi connectivity index (χ1n) is 9.10. The third-order valence-electron chi connectivity index (χ3n) is 5.43. The number of nitrogens with one attached hydrogen (secondary N) is 1. The number of aromatic amines is 1. The highest BCUT2D eigenvalue weighted by molar-refractivity contribution is 5.80. The van der Waals surface area contributed by atoms with Crippen molar-refractivity contribution in [3.05, 3.63) is 24.3 Å². The summed E-state index contributed by atoms with van der Waals surface area (Å²) in [6.45, 7) is 1.89. The molecule has 0 radical (unpaired) electrons. The smallest absolute Gasteiger partial charge is 0.409 e. The van der Waals surface area contributed by atoms with E-state index in [0.29, 0.717) is 25.9 Å². The first-order chi connectivity index (χ1) is 12.7. The first-order valence-corrected chi connectivity index (χ1v) is 9.10. The highest BCUT2D eigenvalue weighted by Gasteiger charge is 2.37. The number of carbonyl (C=O) groups excluding carboxylic acids is 2. The van der Waals surface area contributed by atoms with Gasteiger partial charge in [-0.2, -0.15) is 0 Å². The molecule has 8 heteroatoms. The van der Waals surface area contributed by atoms with Crippen LogP contribution in [0.4, 0.5) is 4.79 Å². The second kappa shape index (κ2) is 6.93. The summed E-state index contributed by atoms with van der Waals surface area (Å²) >= 11 is 0. The highest BCUT2D eigenvalue weighted by atomic mass is 16.5. The molecular formula is C18H23N5O3. The number of pyridine rings is 1. The summed E-state index contributed by atoms with van der Waals surface area (Å²) < 4.78 is 4.76. The van der Waals surface area contributed by atoms with Crippen molar-refractivity contribution in [3.8, 4) is 0 Å². The van der Waals surface area contributed by atoms with Gasteiger partial charge in [-0.05, 0) is 31.7 Å². The van der Waals surface area contributed by atoms with Gasteiger partial charge in [0.2, 0.25) is 5.91 Å². The minimum Gasteiger partial charge on any atom is -0.453 e. The van der Waals surface area contributed by atoms with Crippen molar-refractivity contribution >= 4 is 23.0 Å². The van der Waals surface area contributed by atoms with Crippen molar-refractivity contribution in [2.75, 3.05) is 26.7 Å². The van der Waals surface area contributed by atoms with Gasteiger partial charge in [0.15, 0.2) is 0 Å². The summed E-state index contributed by atoms with van der Waals surface area (Å²) in [4.78, 5) is 40.4. The fraction of sp³-hybridized carbons (Fsp3) is 0.556. The molecule has 2 aliphatic heterocycles. The average molecular weight is 357 g/mol. The fourth-order valence-electron chi connectivity index (χ4n) is 4.02. The number of amides is 2. The van der Waals surface area contributed by atoms with Crippen LogP contribution in [0.2, 0.25) is 0 Å². The molecule has 1 N–H and O–H groups in total. The molecule has 1 unspecified atom stereocenters. The van der Waals surface area contributed by atoms with E-state index in [1.165, 1.54) is 7.11 Å². The molecule has 0 spiro atoms. The third-order valence-corrected chi connectivity index (χ3v) is 5.43. The molecule has 0 bridgehead atoms. The summed E-state index contributed by atoms with van der Waals surface area (Å²) in [6.07, 6.45) is 6.43.